The molecule has 19 nitrogen and oxygen atoms in total. The number of carbonyl (C=O) groups excluding carboxylic acids is 5. The second-order valence-corrected chi connectivity index (χ2v) is 17.9. The Morgan fingerprint density at radius 3 is 2.14 bits per heavy atom. The number of pyridine rings is 1. The van der Waals surface area contributed by atoms with Crippen molar-refractivity contribution in [1.29, 1.82) is 5.26 Å². The van der Waals surface area contributed by atoms with Gasteiger partial charge in [-0.05, 0) is 104 Å². The number of amides is 5. The molecule has 0 fully saturated rings. The molecular formula is C50H65N11O8. The summed E-state index contributed by atoms with van der Waals surface area (Å²) in [5.74, 6) is -2.02. The van der Waals surface area contributed by atoms with E-state index in [2.05, 4.69) is 47.0 Å². The molecule has 4 aromatic rings. The SMILES string of the molecule is Cc1nc(-c2ccc(OCCC(C)(C)C)cc2)cc(N)c1C(=O)N[C@@H](CCN)C(=O)N(C)[C@@H]1C(=O)N[C@@H](C)C(=O)N[C@H](C(=O)NCC#N)Cc2ccc(OCCN)c(c2)-c2cc1ccc2OCCN. The lowest BCUT2D eigenvalue weighted by Gasteiger charge is -2.32. The molecule has 69 heavy (non-hydrogen) atoms. The van der Waals surface area contributed by atoms with E-state index in [0.29, 0.717) is 57.5 Å². The van der Waals surface area contributed by atoms with Gasteiger partial charge >= 0.3 is 0 Å². The number of nitrogens with one attached hydrogen (secondary N) is 4. The van der Waals surface area contributed by atoms with E-state index >= 15 is 0 Å². The average Bonchev–Trinajstić information content (AvgIpc) is 3.30. The van der Waals surface area contributed by atoms with Crippen molar-refractivity contribution in [2.75, 3.05) is 58.8 Å². The van der Waals surface area contributed by atoms with E-state index in [0.717, 1.165) is 12.0 Å². The van der Waals surface area contributed by atoms with Gasteiger partial charge in [-0.2, -0.15) is 5.26 Å². The molecule has 12 N–H and O–H groups in total. The fourth-order valence-electron chi connectivity index (χ4n) is 7.70. The lowest BCUT2D eigenvalue weighted by Crippen LogP contribution is -2.56. The van der Waals surface area contributed by atoms with Crippen LogP contribution in [0.1, 0.15) is 73.8 Å². The highest BCUT2D eigenvalue weighted by atomic mass is 16.5. The number of nitrogens with zero attached hydrogens (tertiary/aromatic N) is 3. The normalized spacial score (nSPS) is 16.4. The number of fused-ring (bicyclic) bond motifs is 5. The molecule has 19 heteroatoms. The Balaban J connectivity index is 1.52. The van der Waals surface area contributed by atoms with Crippen molar-refractivity contribution in [3.05, 3.63) is 89.1 Å². The van der Waals surface area contributed by atoms with Crippen molar-refractivity contribution >= 4 is 35.2 Å². The van der Waals surface area contributed by atoms with Crippen LogP contribution < -0.4 is 58.4 Å². The van der Waals surface area contributed by atoms with Crippen LogP contribution in [0.5, 0.6) is 17.2 Å². The van der Waals surface area contributed by atoms with Crippen molar-refractivity contribution in [2.24, 2.45) is 22.6 Å². The zero-order chi connectivity index (χ0) is 50.4. The Hall–Kier alpha value is -7.27. The van der Waals surface area contributed by atoms with Gasteiger partial charge in [-0.3, -0.25) is 29.0 Å². The summed E-state index contributed by atoms with van der Waals surface area (Å²) >= 11 is 0. The number of rotatable bonds is 18. The first kappa shape index (κ1) is 52.7. The second kappa shape index (κ2) is 24.1. The van der Waals surface area contributed by atoms with Crippen LogP contribution in [0.2, 0.25) is 0 Å². The maximum atomic E-state index is 14.7. The van der Waals surface area contributed by atoms with Crippen molar-refractivity contribution in [3.8, 4) is 45.7 Å². The topological polar surface area (TPSA) is 305 Å². The Morgan fingerprint density at radius 1 is 0.884 bits per heavy atom. The molecule has 4 bridgehead atoms. The zero-order valence-corrected chi connectivity index (χ0v) is 40.1. The third-order valence-corrected chi connectivity index (χ3v) is 11.3. The maximum Gasteiger partial charge on any atom is 0.255 e. The summed E-state index contributed by atoms with van der Waals surface area (Å²) < 4.78 is 18.1. The number of nitriles is 1. The van der Waals surface area contributed by atoms with Gasteiger partial charge in [-0.1, -0.05) is 32.9 Å². The van der Waals surface area contributed by atoms with E-state index in [1.165, 1.54) is 18.9 Å². The number of nitrogens with two attached hydrogens (primary N) is 4. The van der Waals surface area contributed by atoms with Gasteiger partial charge in [0.25, 0.3) is 5.91 Å². The lowest BCUT2D eigenvalue weighted by atomic mass is 9.93. The number of hydrogen-bond acceptors (Lipinski definition) is 14. The van der Waals surface area contributed by atoms with Crippen molar-refractivity contribution in [2.45, 2.75) is 78.0 Å². The standard InChI is InChI=1S/C50H65N11O8/c1-29-43(37(55)28-39(57-29)32-8-11-34(12-9-32)67-22-16-50(3,4)5)47(64)59-38(15-17-51)49(66)61(6)44-33-10-14-42(69-24-20-54)36(27-33)35-25-31(7-13-41(35)68-23-19-53)26-40(46(63)56-21-18-52)60-45(62)30(2)58-48(44)65/h7-14,25,27-28,30,38,40,44H,15-17,19-24,26,51,53-54H2,1-6H3,(H2,55,57)(H,56,63)(H,58,65)(H,59,64)(H,60,62)/t30-,38-,40-,44-/m0/s1. The van der Waals surface area contributed by atoms with Gasteiger partial charge < -0.3 is 63.3 Å². The number of hydrogen-bond donors (Lipinski definition) is 8. The number of aryl methyl sites for hydroxylation is 1. The molecule has 5 amide bonds. The highest BCUT2D eigenvalue weighted by Crippen LogP contribution is 2.40. The Bertz CT molecular complexity index is 2500. The van der Waals surface area contributed by atoms with Crippen LogP contribution in [0.15, 0.2) is 66.7 Å². The third kappa shape index (κ3) is 13.9. The fraction of sp³-hybridized carbons (Fsp3) is 0.420. The minimum Gasteiger partial charge on any atom is -0.494 e. The smallest absolute Gasteiger partial charge is 0.255 e. The summed E-state index contributed by atoms with van der Waals surface area (Å²) in [4.78, 5) is 76.4. The Kier molecular flexibility index (Phi) is 18.4. The summed E-state index contributed by atoms with van der Waals surface area (Å²) in [6.07, 6.45) is 0.851. The average molecular weight is 948 g/mol. The first-order valence-electron chi connectivity index (χ1n) is 22.9. The van der Waals surface area contributed by atoms with E-state index in [1.807, 2.05) is 30.3 Å². The summed E-state index contributed by atoms with van der Waals surface area (Å²) in [5, 5.41) is 19.9. The van der Waals surface area contributed by atoms with Crippen LogP contribution in [-0.4, -0.2) is 111 Å². The van der Waals surface area contributed by atoms with E-state index in [9.17, 15) is 29.2 Å². The molecule has 4 atom stereocenters. The molecule has 3 aromatic carbocycles. The van der Waals surface area contributed by atoms with Crippen molar-refractivity contribution in [3.63, 3.8) is 0 Å². The van der Waals surface area contributed by atoms with Gasteiger partial charge in [0.1, 0.15) is 61.2 Å². The summed E-state index contributed by atoms with van der Waals surface area (Å²) in [6.45, 7) is 10.4. The van der Waals surface area contributed by atoms with E-state index in [-0.39, 0.29) is 68.9 Å². The van der Waals surface area contributed by atoms with Crippen LogP contribution in [-0.2, 0) is 25.6 Å². The quantitative estimate of drug-likeness (QED) is 0.0666. The molecule has 1 aliphatic heterocycles. The maximum absolute atomic E-state index is 14.7. The Morgan fingerprint density at radius 2 is 1.54 bits per heavy atom. The third-order valence-electron chi connectivity index (χ3n) is 11.3. The van der Waals surface area contributed by atoms with Crippen LogP contribution in [0.4, 0.5) is 5.69 Å². The summed E-state index contributed by atoms with van der Waals surface area (Å²) in [6, 6.07) is 15.9. The van der Waals surface area contributed by atoms with Crippen LogP contribution >= 0.6 is 0 Å². The highest BCUT2D eigenvalue weighted by Gasteiger charge is 2.36. The van der Waals surface area contributed by atoms with E-state index in [1.54, 1.807) is 49.4 Å². The summed E-state index contributed by atoms with van der Waals surface area (Å²) in [7, 11) is 1.40. The monoisotopic (exact) mass is 948 g/mol. The molecular weight excluding hydrogens is 883 g/mol. The largest absolute Gasteiger partial charge is 0.494 e. The molecule has 1 aromatic heterocycles. The lowest BCUT2D eigenvalue weighted by molar-refractivity contribution is -0.141. The number of carbonyl (C=O) groups is 5. The van der Waals surface area contributed by atoms with Gasteiger partial charge in [0, 0.05) is 48.9 Å². The van der Waals surface area contributed by atoms with Gasteiger partial charge in [0.05, 0.1) is 29.6 Å². The van der Waals surface area contributed by atoms with Gasteiger partial charge in [-0.25, -0.2) is 0 Å². The van der Waals surface area contributed by atoms with Gasteiger partial charge in [-0.15, -0.1) is 0 Å². The van der Waals surface area contributed by atoms with Crippen molar-refractivity contribution < 1.29 is 38.2 Å². The Labute approximate surface area is 403 Å². The van der Waals surface area contributed by atoms with E-state index < -0.39 is 53.7 Å². The molecule has 0 unspecified atom stereocenters. The van der Waals surface area contributed by atoms with Gasteiger partial charge in [0.2, 0.25) is 23.6 Å². The van der Waals surface area contributed by atoms with Crippen LogP contribution in [0, 0.1) is 23.7 Å². The second-order valence-electron chi connectivity index (χ2n) is 17.9. The zero-order valence-electron chi connectivity index (χ0n) is 40.1. The number of ether oxygens (including phenoxy) is 3. The van der Waals surface area contributed by atoms with Crippen molar-refractivity contribution in [1.82, 2.24) is 31.2 Å². The predicted molar refractivity (Wildman–Crippen MR) is 262 cm³/mol. The molecule has 368 valence electrons. The fourth-order valence-corrected chi connectivity index (χ4v) is 7.70. The molecule has 0 radical (unpaired) electrons. The molecule has 1 aliphatic rings. The molecule has 5 rings (SSSR count). The first-order chi connectivity index (χ1) is 32.9. The number of likely N-dealkylation sites (N-methyl/N-ethyl adjacent to an activating group) is 1. The number of aromatic nitrogens is 1. The minimum absolute atomic E-state index is 0.00615. The van der Waals surface area contributed by atoms with Crippen LogP contribution in [0.3, 0.4) is 0 Å². The molecule has 0 aliphatic carbocycles. The number of anilines is 1. The van der Waals surface area contributed by atoms with E-state index in [4.69, 9.17) is 37.1 Å². The molecule has 0 spiro atoms. The first-order valence-corrected chi connectivity index (χ1v) is 22.9. The molecule has 2 heterocycles. The number of nitrogen functional groups attached to an aromatic ring is 1. The van der Waals surface area contributed by atoms with Gasteiger partial charge in [0.15, 0.2) is 0 Å². The summed E-state index contributed by atoms with van der Waals surface area (Å²) in [5.41, 5.74) is 28.0. The van der Waals surface area contributed by atoms with Crippen LogP contribution in [0.25, 0.3) is 22.4 Å². The highest BCUT2D eigenvalue weighted by molar-refractivity contribution is 6.03. The minimum atomic E-state index is -1.43. The molecule has 0 saturated carbocycles. The predicted octanol–water partition coefficient (Wildman–Crippen LogP) is 2.63. The number of benzene rings is 3. The molecule has 0 saturated heterocycles.